The van der Waals surface area contributed by atoms with Crippen molar-refractivity contribution in [1.82, 2.24) is 25.0 Å². The van der Waals surface area contributed by atoms with E-state index in [4.69, 9.17) is 0 Å². The van der Waals surface area contributed by atoms with Crippen molar-refractivity contribution >= 4 is 33.7 Å². The molecule has 3 aliphatic rings. The summed E-state index contributed by atoms with van der Waals surface area (Å²) in [7, 11) is 1.83. The van der Waals surface area contributed by atoms with Gasteiger partial charge in [0.1, 0.15) is 18.3 Å². The van der Waals surface area contributed by atoms with Crippen LogP contribution in [0.2, 0.25) is 0 Å². The number of halogens is 1. The number of aromatic amines is 1. The van der Waals surface area contributed by atoms with Crippen LogP contribution in [-0.4, -0.2) is 51.2 Å². The van der Waals surface area contributed by atoms with Crippen molar-refractivity contribution in [3.63, 3.8) is 0 Å². The fraction of sp³-hybridized carbons (Fsp3) is 0.423. The van der Waals surface area contributed by atoms with E-state index in [-0.39, 0.29) is 23.5 Å². The third-order valence-corrected chi connectivity index (χ3v) is 8.31. The molecule has 1 saturated carbocycles. The van der Waals surface area contributed by atoms with E-state index >= 15 is 0 Å². The van der Waals surface area contributed by atoms with Crippen LogP contribution in [0.1, 0.15) is 59.0 Å². The lowest BCUT2D eigenvalue weighted by Gasteiger charge is -2.29. The van der Waals surface area contributed by atoms with Crippen LogP contribution in [0.15, 0.2) is 47.1 Å². The molecule has 1 spiro atoms. The second kappa shape index (κ2) is 9.08. The molecule has 1 aromatic carbocycles. The van der Waals surface area contributed by atoms with Crippen LogP contribution < -0.4 is 15.5 Å². The van der Waals surface area contributed by atoms with E-state index < -0.39 is 0 Å². The Balaban J connectivity index is 1.20. The first-order chi connectivity index (χ1) is 17.4. The molecule has 4 heterocycles. The van der Waals surface area contributed by atoms with E-state index in [0.717, 1.165) is 53.8 Å². The molecule has 1 aliphatic carbocycles. The Morgan fingerprint density at radius 3 is 2.64 bits per heavy atom. The maximum absolute atomic E-state index is 13.7. The van der Waals surface area contributed by atoms with Gasteiger partial charge in [-0.15, -0.1) is 0 Å². The Labute approximate surface area is 218 Å². The number of fused-ring (bicyclic) bond motifs is 2. The average molecular weight is 553 g/mol. The summed E-state index contributed by atoms with van der Waals surface area (Å²) in [5, 5.41) is 13.8. The molecule has 6 rings (SSSR count). The zero-order chi connectivity index (χ0) is 24.9. The van der Waals surface area contributed by atoms with Gasteiger partial charge in [-0.3, -0.25) is 9.89 Å². The molecule has 188 valence electrons. The lowest BCUT2D eigenvalue weighted by atomic mass is 10.1. The summed E-state index contributed by atoms with van der Waals surface area (Å²) < 4.78 is 2.60. The molecular weight excluding hydrogens is 522 g/mol. The first-order valence-corrected chi connectivity index (χ1v) is 13.4. The van der Waals surface area contributed by atoms with E-state index in [2.05, 4.69) is 48.9 Å². The molecule has 36 heavy (non-hydrogen) atoms. The van der Waals surface area contributed by atoms with Gasteiger partial charge in [-0.25, -0.2) is 4.79 Å². The van der Waals surface area contributed by atoms with E-state index in [1.807, 2.05) is 36.3 Å². The zero-order valence-electron chi connectivity index (χ0n) is 20.3. The van der Waals surface area contributed by atoms with Crippen molar-refractivity contribution in [3.8, 4) is 0 Å². The highest BCUT2D eigenvalue weighted by Gasteiger charge is 2.59. The van der Waals surface area contributed by atoms with Gasteiger partial charge in [0.25, 0.3) is 5.91 Å². The van der Waals surface area contributed by atoms with Gasteiger partial charge in [0.05, 0.1) is 30.9 Å². The first kappa shape index (κ1) is 23.3. The summed E-state index contributed by atoms with van der Waals surface area (Å²) in [6, 6.07) is 11.9. The largest absolute Gasteiger partial charge is 0.345 e. The van der Waals surface area contributed by atoms with Crippen molar-refractivity contribution in [2.24, 2.45) is 7.05 Å². The molecule has 2 aliphatic heterocycles. The number of hydrogen-bond donors (Lipinski definition) is 4. The number of amides is 3. The summed E-state index contributed by atoms with van der Waals surface area (Å²) in [4.78, 5) is 30.1. The van der Waals surface area contributed by atoms with Gasteiger partial charge in [-0.1, -0.05) is 30.3 Å². The predicted molar refractivity (Wildman–Crippen MR) is 139 cm³/mol. The lowest BCUT2D eigenvalue weighted by Crippen LogP contribution is -3.10. The van der Waals surface area contributed by atoms with Gasteiger partial charge in [0.2, 0.25) is 0 Å². The van der Waals surface area contributed by atoms with Crippen LogP contribution in [0.5, 0.6) is 0 Å². The lowest BCUT2D eigenvalue weighted by molar-refractivity contribution is -0.889. The molecule has 4 N–H and O–H groups in total. The fourth-order valence-electron chi connectivity index (χ4n) is 5.81. The maximum Gasteiger partial charge on any atom is 0.319 e. The number of carbonyl (C=O) groups is 2. The molecule has 2 aromatic heterocycles. The van der Waals surface area contributed by atoms with Crippen molar-refractivity contribution < 1.29 is 14.5 Å². The number of aryl methyl sites for hydroxylation is 1. The molecular formula is C26H31BrN7O2+. The van der Waals surface area contributed by atoms with Crippen LogP contribution in [0, 0.1) is 0 Å². The second-order valence-corrected chi connectivity index (χ2v) is 11.1. The number of carbonyl (C=O) groups excluding carboxylic acids is 2. The molecule has 1 atom stereocenters. The van der Waals surface area contributed by atoms with Crippen LogP contribution in [0.4, 0.5) is 10.6 Å². The Morgan fingerprint density at radius 2 is 1.97 bits per heavy atom. The highest BCUT2D eigenvalue weighted by molar-refractivity contribution is 9.10. The highest BCUT2D eigenvalue weighted by Crippen LogP contribution is 2.57. The molecule has 0 bridgehead atoms. The number of urea groups is 1. The van der Waals surface area contributed by atoms with E-state index in [1.54, 1.807) is 15.5 Å². The minimum absolute atomic E-state index is 0.0466. The molecule has 3 amide bonds. The number of nitrogens with zero attached hydrogens (tertiary/aromatic N) is 3. The summed E-state index contributed by atoms with van der Waals surface area (Å²) in [6.45, 7) is 3.62. The van der Waals surface area contributed by atoms with Gasteiger partial charge in [0.15, 0.2) is 5.82 Å². The van der Waals surface area contributed by atoms with Gasteiger partial charge in [0, 0.05) is 36.1 Å². The van der Waals surface area contributed by atoms with Crippen molar-refractivity contribution in [2.45, 2.75) is 43.8 Å². The smallest absolute Gasteiger partial charge is 0.319 e. The number of anilines is 1. The quantitative estimate of drug-likeness (QED) is 0.378. The number of quaternary nitrogens is 1. The van der Waals surface area contributed by atoms with Gasteiger partial charge < -0.3 is 25.0 Å². The number of likely N-dealkylation sites (tertiary alicyclic amines) is 1. The number of benzene rings is 1. The molecule has 0 radical (unpaired) electrons. The Bertz CT molecular complexity index is 1290. The third-order valence-electron chi connectivity index (χ3n) is 7.87. The zero-order valence-corrected chi connectivity index (χ0v) is 21.9. The minimum atomic E-state index is -0.356. The fourth-order valence-corrected chi connectivity index (χ4v) is 6.33. The van der Waals surface area contributed by atoms with Gasteiger partial charge >= 0.3 is 6.03 Å². The Kier molecular flexibility index (Phi) is 5.88. The molecule has 3 aromatic rings. The number of rotatable bonds is 6. The topological polar surface area (TPSA) is 99.5 Å². The van der Waals surface area contributed by atoms with Crippen molar-refractivity contribution in [2.75, 3.05) is 25.0 Å². The number of hydrogen-bond acceptors (Lipinski definition) is 3. The highest BCUT2D eigenvalue weighted by atomic mass is 79.9. The second-order valence-electron chi connectivity index (χ2n) is 10.2. The summed E-state index contributed by atoms with van der Waals surface area (Å²) in [6.07, 6.45) is 6.11. The minimum Gasteiger partial charge on any atom is -0.345 e. The molecule has 0 unspecified atom stereocenters. The monoisotopic (exact) mass is 552 g/mol. The first-order valence-electron chi connectivity index (χ1n) is 12.6. The van der Waals surface area contributed by atoms with E-state index in [9.17, 15) is 9.59 Å². The Hall–Kier alpha value is -3.11. The van der Waals surface area contributed by atoms with Crippen LogP contribution >= 0.6 is 15.9 Å². The van der Waals surface area contributed by atoms with E-state index in [1.165, 1.54) is 12.8 Å². The third kappa shape index (κ3) is 4.12. The molecule has 9 nitrogen and oxygen atoms in total. The molecule has 1 saturated heterocycles. The maximum atomic E-state index is 13.7. The Morgan fingerprint density at radius 1 is 1.22 bits per heavy atom. The summed E-state index contributed by atoms with van der Waals surface area (Å²) >= 11 is 3.41. The number of H-pyrrole nitrogens is 1. The standard InChI is InChI=1S/C26H30BrN7O2/c1-32-14-18(27)13-21(32)24(35)29-23-19-15-34(26(9-10-26)22(19)30-31-23)25(36)28-20(16-33-11-5-6-12-33)17-7-3-2-4-8-17/h2-4,7-8,13-14,20H,5-6,9-12,15-16H2,1H3,(H,28,36)(H2,29,30,31,35)/p+1/t20-/m1/s1. The van der Waals surface area contributed by atoms with Crippen molar-refractivity contribution in [1.29, 1.82) is 0 Å². The SMILES string of the molecule is Cn1cc(Br)cc1C(=O)Nc1n[nH]c2c1CN(C(=O)N[C@H](C[NH+]1CCCC1)c1ccccc1)C21CC1. The predicted octanol–water partition coefficient (Wildman–Crippen LogP) is 2.70. The van der Waals surface area contributed by atoms with E-state index in [0.29, 0.717) is 18.1 Å². The normalized spacial score (nSPS) is 18.9. The number of nitrogens with one attached hydrogen (secondary N) is 4. The van der Waals surface area contributed by atoms with Gasteiger partial charge in [-0.05, 0) is 40.4 Å². The summed E-state index contributed by atoms with van der Waals surface area (Å²) in [5.74, 6) is 0.262. The summed E-state index contributed by atoms with van der Waals surface area (Å²) in [5.41, 5.74) is 3.15. The molecule has 10 heteroatoms. The van der Waals surface area contributed by atoms with Crippen LogP contribution in [-0.2, 0) is 19.1 Å². The van der Waals surface area contributed by atoms with Crippen LogP contribution in [0.25, 0.3) is 0 Å². The number of aromatic nitrogens is 3. The average Bonchev–Trinajstić information content (AvgIpc) is 3.18. The van der Waals surface area contributed by atoms with Crippen molar-refractivity contribution in [3.05, 3.63) is 69.6 Å². The van der Waals surface area contributed by atoms with Crippen LogP contribution in [0.3, 0.4) is 0 Å². The van der Waals surface area contributed by atoms with Gasteiger partial charge in [-0.2, -0.15) is 5.10 Å². The molecule has 2 fully saturated rings.